The van der Waals surface area contributed by atoms with Gasteiger partial charge < -0.3 is 38.9 Å². The second kappa shape index (κ2) is 18.4. The first-order valence-corrected chi connectivity index (χ1v) is 19.4. The minimum Gasteiger partial charge on any atom is -0.459 e. The number of benzene rings is 2. The van der Waals surface area contributed by atoms with E-state index in [0.29, 0.717) is 42.4 Å². The average molecular weight is 764 g/mol. The van der Waals surface area contributed by atoms with Crippen LogP contribution in [0, 0.1) is 33.3 Å². The lowest BCUT2D eigenvalue weighted by atomic mass is 9.55. The van der Waals surface area contributed by atoms with Gasteiger partial charge in [0.25, 0.3) is 5.69 Å². The molecule has 2 N–H and O–H groups in total. The van der Waals surface area contributed by atoms with Crippen molar-refractivity contribution >= 4 is 17.5 Å². The number of hydrogen-bond acceptors (Lipinski definition) is 11. The summed E-state index contributed by atoms with van der Waals surface area (Å²) in [4.78, 5) is 32.3. The zero-order chi connectivity index (χ0) is 39.8. The van der Waals surface area contributed by atoms with Crippen LogP contribution in [0.4, 0.5) is 10.5 Å². The van der Waals surface area contributed by atoms with Crippen molar-refractivity contribution < 1.29 is 43.7 Å². The van der Waals surface area contributed by atoms with Gasteiger partial charge in [0.15, 0.2) is 0 Å². The van der Waals surface area contributed by atoms with Crippen LogP contribution in [0.25, 0.3) is 0 Å². The molecule has 13 heteroatoms. The number of carbonyl (C=O) groups is 1. The molecule has 1 heterocycles. The van der Waals surface area contributed by atoms with Gasteiger partial charge in [0.1, 0.15) is 29.9 Å². The summed E-state index contributed by atoms with van der Waals surface area (Å²) in [6.07, 6.45) is 8.13. The molecule has 55 heavy (non-hydrogen) atoms. The van der Waals surface area contributed by atoms with Crippen molar-refractivity contribution in [3.05, 3.63) is 82.4 Å². The highest BCUT2D eigenvalue weighted by atomic mass is 16.7. The lowest BCUT2D eigenvalue weighted by Crippen LogP contribution is -2.69. The van der Waals surface area contributed by atoms with Crippen molar-refractivity contribution in [1.82, 2.24) is 4.90 Å². The Labute approximate surface area is 324 Å². The molecule has 5 rings (SSSR count). The predicted octanol–water partition coefficient (Wildman–Crippen LogP) is 8.16. The zero-order valence-electron chi connectivity index (χ0n) is 32.8. The number of fused-ring (bicyclic) bond motifs is 2. The van der Waals surface area contributed by atoms with E-state index in [1.807, 2.05) is 39.8 Å². The number of ether oxygens (including phenoxy) is 4. The second-order valence-electron chi connectivity index (χ2n) is 15.8. The summed E-state index contributed by atoms with van der Waals surface area (Å²) in [5.74, 6) is -0.721. The van der Waals surface area contributed by atoms with Gasteiger partial charge in [-0.05, 0) is 79.7 Å². The Balaban J connectivity index is 1.73. The highest BCUT2D eigenvalue weighted by Gasteiger charge is 2.65. The molecule has 0 spiro atoms. The number of oxime groups is 1. The highest BCUT2D eigenvalue weighted by molar-refractivity contribution is 6.02. The number of carbonyl (C=O) groups excluding carboxylic acids is 1. The third-order valence-corrected chi connectivity index (χ3v) is 10.6. The first-order chi connectivity index (χ1) is 26.4. The van der Waals surface area contributed by atoms with Crippen LogP contribution in [0.15, 0.2) is 71.9 Å². The van der Waals surface area contributed by atoms with Gasteiger partial charge in [-0.25, -0.2) is 4.79 Å². The molecule has 1 amide bonds. The van der Waals surface area contributed by atoms with Crippen molar-refractivity contribution in [3.8, 4) is 17.2 Å². The molecule has 1 saturated carbocycles. The van der Waals surface area contributed by atoms with Crippen LogP contribution in [0.2, 0.25) is 0 Å². The zero-order valence-corrected chi connectivity index (χ0v) is 32.8. The van der Waals surface area contributed by atoms with Gasteiger partial charge in [-0.15, -0.1) is 6.58 Å². The Morgan fingerprint density at radius 1 is 1.11 bits per heavy atom. The van der Waals surface area contributed by atoms with Gasteiger partial charge in [-0.3, -0.25) is 10.1 Å². The van der Waals surface area contributed by atoms with Gasteiger partial charge in [-0.2, -0.15) is 0 Å². The minimum absolute atomic E-state index is 0.0200. The first-order valence-electron chi connectivity index (χ1n) is 19.4. The van der Waals surface area contributed by atoms with E-state index in [1.165, 1.54) is 12.1 Å². The van der Waals surface area contributed by atoms with Crippen LogP contribution in [0.1, 0.15) is 84.1 Å². The number of hydrogen-bond donors (Lipinski definition) is 2. The number of nitrogens with zero attached hydrogens (tertiary/aromatic N) is 3. The fraction of sp³-hybridized carbons (Fsp3) is 0.571. The fourth-order valence-electron chi connectivity index (χ4n) is 8.24. The quantitative estimate of drug-likeness (QED) is 0.0656. The van der Waals surface area contributed by atoms with Crippen LogP contribution in [-0.2, 0) is 14.3 Å². The van der Waals surface area contributed by atoms with Crippen molar-refractivity contribution in [2.24, 2.45) is 28.3 Å². The van der Waals surface area contributed by atoms with Gasteiger partial charge in [-0.1, -0.05) is 57.0 Å². The summed E-state index contributed by atoms with van der Waals surface area (Å²) in [7, 11) is 1.70. The molecule has 0 aromatic heterocycles. The van der Waals surface area contributed by atoms with Crippen molar-refractivity contribution in [3.63, 3.8) is 0 Å². The number of amides is 1. The van der Waals surface area contributed by atoms with E-state index in [4.69, 9.17) is 23.8 Å². The minimum atomic E-state index is -1.41. The molecule has 300 valence electrons. The monoisotopic (exact) mass is 763 g/mol. The molecule has 6 atom stereocenters. The van der Waals surface area contributed by atoms with E-state index in [2.05, 4.69) is 17.8 Å². The summed E-state index contributed by atoms with van der Waals surface area (Å²) in [6, 6.07) is 10.9. The summed E-state index contributed by atoms with van der Waals surface area (Å²) < 4.78 is 26.1. The highest BCUT2D eigenvalue weighted by Crippen LogP contribution is 2.62. The van der Waals surface area contributed by atoms with Gasteiger partial charge in [0.05, 0.1) is 35.8 Å². The standard InChI is InChI=1S/C42H57N3O10/c1-7-22-52-42-37(44(6)40(48)51-27-41(3,4)5)26-35(43-53-8-2)33-23-28(14-9-11-20-46)32(17-10-12-21-47)38(39(33)42)34-25-31(18-19-36(34)55-42)54-30-16-13-15-29(24-30)45(49)50/h7,13,15-16,18-19,23-25,28,32,37-39,46-47H,1,8-12,14,17,20-22,26-27H2,2-6H3. The Bertz CT molecular complexity index is 1720. The molecule has 13 nitrogen and oxygen atoms in total. The lowest BCUT2D eigenvalue weighted by molar-refractivity contribution is -0.384. The Hall–Kier alpha value is -4.46. The molecule has 2 aliphatic carbocycles. The lowest BCUT2D eigenvalue weighted by Gasteiger charge is -2.59. The summed E-state index contributed by atoms with van der Waals surface area (Å²) >= 11 is 0. The number of nitro groups is 1. The number of rotatable bonds is 18. The molecule has 0 radical (unpaired) electrons. The maximum Gasteiger partial charge on any atom is 0.410 e. The van der Waals surface area contributed by atoms with Crippen LogP contribution in [-0.4, -0.2) is 83.8 Å². The Morgan fingerprint density at radius 3 is 2.51 bits per heavy atom. The molecular formula is C42H57N3O10. The van der Waals surface area contributed by atoms with Crippen molar-refractivity contribution in [2.45, 2.75) is 90.4 Å². The van der Waals surface area contributed by atoms with Crippen LogP contribution < -0.4 is 9.47 Å². The van der Waals surface area contributed by atoms with E-state index in [1.54, 1.807) is 36.2 Å². The molecule has 0 bridgehead atoms. The number of allylic oxidation sites excluding steroid dienone is 1. The maximum absolute atomic E-state index is 13.9. The third kappa shape index (κ3) is 9.50. The van der Waals surface area contributed by atoms with E-state index < -0.39 is 28.8 Å². The SMILES string of the molecule is C=CCOC12Oc3ccc(Oc4cccc([N+](=O)[O-])c4)cc3C3C(CCCCO)C(CCCCO)C=C(C(=NOCC)CC1N(C)C(=O)OCC(C)(C)C)C32. The van der Waals surface area contributed by atoms with E-state index in [-0.39, 0.29) is 61.7 Å². The summed E-state index contributed by atoms with van der Waals surface area (Å²) in [5, 5.41) is 35.8. The van der Waals surface area contributed by atoms with Gasteiger partial charge in [0, 0.05) is 44.2 Å². The predicted molar refractivity (Wildman–Crippen MR) is 208 cm³/mol. The third-order valence-electron chi connectivity index (χ3n) is 10.6. The maximum atomic E-state index is 13.9. The average Bonchev–Trinajstić information content (AvgIpc) is 3.16. The van der Waals surface area contributed by atoms with Crippen LogP contribution in [0.3, 0.4) is 0 Å². The number of likely N-dealkylation sites (N-methyl/N-ethyl adjacent to an activating group) is 1. The molecule has 1 aliphatic heterocycles. The molecule has 1 fully saturated rings. The smallest absolute Gasteiger partial charge is 0.410 e. The normalized spacial score (nSPS) is 24.8. The van der Waals surface area contributed by atoms with Crippen LogP contribution >= 0.6 is 0 Å². The van der Waals surface area contributed by atoms with Gasteiger partial charge in [0.2, 0.25) is 5.79 Å². The number of unbranched alkanes of at least 4 members (excludes halogenated alkanes) is 2. The number of aliphatic hydroxyl groups is 2. The molecular weight excluding hydrogens is 706 g/mol. The second-order valence-corrected chi connectivity index (χ2v) is 15.8. The van der Waals surface area contributed by atoms with Crippen molar-refractivity contribution in [1.29, 1.82) is 0 Å². The number of non-ortho nitro benzene ring substituents is 1. The molecule has 3 aliphatic rings. The van der Waals surface area contributed by atoms with E-state index >= 15 is 0 Å². The molecule has 2 aromatic rings. The first kappa shape index (κ1) is 41.7. The summed E-state index contributed by atoms with van der Waals surface area (Å²) in [6.45, 7) is 12.7. The van der Waals surface area contributed by atoms with Crippen LogP contribution in [0.5, 0.6) is 17.2 Å². The largest absolute Gasteiger partial charge is 0.459 e. The summed E-state index contributed by atoms with van der Waals surface area (Å²) in [5.41, 5.74) is 2.13. The molecule has 0 saturated heterocycles. The van der Waals surface area contributed by atoms with E-state index in [9.17, 15) is 25.1 Å². The number of aliphatic hydroxyl groups excluding tert-OH is 2. The topological polar surface area (TPSA) is 162 Å². The Kier molecular flexibility index (Phi) is 14.0. The fourth-order valence-corrected chi connectivity index (χ4v) is 8.24. The van der Waals surface area contributed by atoms with E-state index in [0.717, 1.165) is 36.8 Å². The Morgan fingerprint density at radius 2 is 1.84 bits per heavy atom. The molecule has 2 aromatic carbocycles. The van der Waals surface area contributed by atoms with Gasteiger partial charge >= 0.3 is 6.09 Å². The number of nitro benzene ring substituents is 1. The van der Waals surface area contributed by atoms with Crippen molar-refractivity contribution in [2.75, 3.05) is 40.1 Å². The molecule has 6 unspecified atom stereocenters.